The van der Waals surface area contributed by atoms with Gasteiger partial charge in [-0.2, -0.15) is 0 Å². The van der Waals surface area contributed by atoms with Crippen molar-refractivity contribution in [1.82, 2.24) is 15.2 Å². The van der Waals surface area contributed by atoms with Crippen LogP contribution in [-0.4, -0.2) is 36.8 Å². The average molecular weight is 320 g/mol. The first kappa shape index (κ1) is 17.9. The number of nitrogens with zero attached hydrogens (tertiary/aromatic N) is 2. The molecule has 0 aliphatic carbocycles. The van der Waals surface area contributed by atoms with Gasteiger partial charge in [0.25, 0.3) is 0 Å². The molecular weight excluding hydrogens is 288 g/mol. The van der Waals surface area contributed by atoms with Gasteiger partial charge in [0, 0.05) is 52.1 Å². The monoisotopic (exact) mass is 320 g/mol. The second-order valence-electron chi connectivity index (χ2n) is 7.55. The average Bonchev–Trinajstić information content (AvgIpc) is 2.92. The third-order valence-electron chi connectivity index (χ3n) is 4.41. The summed E-state index contributed by atoms with van der Waals surface area (Å²) in [6, 6.07) is 2.12. The molecule has 0 amide bonds. The summed E-state index contributed by atoms with van der Waals surface area (Å²) in [4.78, 5) is 4.33. The van der Waals surface area contributed by atoms with Crippen LogP contribution in [0.4, 0.5) is 0 Å². The summed E-state index contributed by atoms with van der Waals surface area (Å²) in [6.07, 6.45) is 6.83. The second kappa shape index (κ2) is 7.86. The highest BCUT2D eigenvalue weighted by atomic mass is 16.5. The Bertz CT molecular complexity index is 515. The molecule has 5 nitrogen and oxygen atoms in total. The van der Waals surface area contributed by atoms with E-state index in [1.165, 1.54) is 12.0 Å². The maximum absolute atomic E-state index is 6.05. The molecule has 0 aromatic carbocycles. The van der Waals surface area contributed by atoms with Crippen molar-refractivity contribution in [1.29, 1.82) is 0 Å². The Morgan fingerprint density at radius 1 is 1.39 bits per heavy atom. The molecule has 2 heterocycles. The van der Waals surface area contributed by atoms with Crippen LogP contribution >= 0.6 is 0 Å². The lowest BCUT2D eigenvalue weighted by Gasteiger charge is -2.40. The van der Waals surface area contributed by atoms with Crippen LogP contribution in [0.3, 0.4) is 0 Å². The summed E-state index contributed by atoms with van der Waals surface area (Å²) in [7, 11) is 3.85. The van der Waals surface area contributed by atoms with E-state index in [2.05, 4.69) is 59.4 Å². The second-order valence-corrected chi connectivity index (χ2v) is 7.55. The normalized spacial score (nSPS) is 22.9. The first-order valence-corrected chi connectivity index (χ1v) is 8.57. The lowest BCUT2D eigenvalue weighted by molar-refractivity contribution is -0.0835. The summed E-state index contributed by atoms with van der Waals surface area (Å²) in [5.74, 6) is 1.38. The summed E-state index contributed by atoms with van der Waals surface area (Å²) >= 11 is 0. The van der Waals surface area contributed by atoms with Crippen molar-refractivity contribution in [3.8, 4) is 0 Å². The van der Waals surface area contributed by atoms with Crippen LogP contribution in [0.15, 0.2) is 23.5 Å². The van der Waals surface area contributed by atoms with Crippen LogP contribution in [0.1, 0.15) is 39.2 Å². The number of aliphatic imine (C=N–C) groups is 1. The highest BCUT2D eigenvalue weighted by Crippen LogP contribution is 2.33. The molecule has 0 radical (unpaired) electrons. The topological polar surface area (TPSA) is 50.6 Å². The van der Waals surface area contributed by atoms with E-state index in [-0.39, 0.29) is 5.41 Å². The fourth-order valence-corrected chi connectivity index (χ4v) is 3.31. The molecule has 2 N–H and O–H groups in total. The maximum atomic E-state index is 6.05. The number of nitrogens with one attached hydrogen (secondary N) is 2. The van der Waals surface area contributed by atoms with Gasteiger partial charge >= 0.3 is 0 Å². The fourth-order valence-electron chi connectivity index (χ4n) is 3.31. The highest BCUT2D eigenvalue weighted by Gasteiger charge is 2.35. The zero-order chi connectivity index (χ0) is 16.9. The van der Waals surface area contributed by atoms with Gasteiger partial charge in [0.15, 0.2) is 5.96 Å². The maximum Gasteiger partial charge on any atom is 0.191 e. The third-order valence-corrected chi connectivity index (χ3v) is 4.41. The lowest BCUT2D eigenvalue weighted by atomic mass is 9.78. The third kappa shape index (κ3) is 5.27. The molecule has 1 saturated heterocycles. The van der Waals surface area contributed by atoms with Gasteiger partial charge in [0.2, 0.25) is 0 Å². The van der Waals surface area contributed by atoms with Crippen molar-refractivity contribution >= 4 is 5.96 Å². The fraction of sp³-hybridized carbons (Fsp3) is 0.722. The first-order chi connectivity index (χ1) is 10.9. The zero-order valence-electron chi connectivity index (χ0n) is 15.2. The minimum atomic E-state index is 0.174. The van der Waals surface area contributed by atoms with Crippen molar-refractivity contribution in [2.24, 2.45) is 23.4 Å². The minimum absolute atomic E-state index is 0.174. The van der Waals surface area contributed by atoms with E-state index in [9.17, 15) is 0 Å². The number of hydrogen-bond donors (Lipinski definition) is 2. The highest BCUT2D eigenvalue weighted by molar-refractivity contribution is 5.79. The summed E-state index contributed by atoms with van der Waals surface area (Å²) < 4.78 is 8.11. The number of aromatic nitrogens is 1. The number of hydrogen-bond acceptors (Lipinski definition) is 2. The Morgan fingerprint density at radius 3 is 2.78 bits per heavy atom. The molecule has 130 valence electrons. The molecule has 2 rings (SSSR count). The molecule has 0 bridgehead atoms. The molecule has 0 spiro atoms. The minimum Gasteiger partial charge on any atom is -0.377 e. The molecule has 2 atom stereocenters. The quantitative estimate of drug-likeness (QED) is 0.662. The van der Waals surface area contributed by atoms with Crippen LogP contribution < -0.4 is 10.6 Å². The summed E-state index contributed by atoms with van der Waals surface area (Å²) in [6.45, 7) is 9.36. The molecule has 2 unspecified atom stereocenters. The van der Waals surface area contributed by atoms with Crippen molar-refractivity contribution in [2.45, 2.75) is 46.3 Å². The van der Waals surface area contributed by atoms with Gasteiger partial charge in [0.1, 0.15) is 0 Å². The van der Waals surface area contributed by atoms with E-state index in [1.54, 1.807) is 0 Å². The van der Waals surface area contributed by atoms with E-state index in [0.29, 0.717) is 12.0 Å². The van der Waals surface area contributed by atoms with E-state index in [1.807, 2.05) is 14.1 Å². The van der Waals surface area contributed by atoms with Gasteiger partial charge in [-0.05, 0) is 29.9 Å². The Labute approximate surface area is 140 Å². The lowest BCUT2D eigenvalue weighted by Crippen LogP contribution is -2.47. The Balaban J connectivity index is 1.84. The number of rotatable bonds is 4. The van der Waals surface area contributed by atoms with Crippen LogP contribution in [0.2, 0.25) is 0 Å². The Hall–Kier alpha value is -1.49. The van der Waals surface area contributed by atoms with E-state index >= 15 is 0 Å². The van der Waals surface area contributed by atoms with Crippen LogP contribution in [-0.2, 0) is 18.3 Å². The van der Waals surface area contributed by atoms with Gasteiger partial charge in [-0.25, -0.2) is 0 Å². The molecule has 1 aliphatic heterocycles. The van der Waals surface area contributed by atoms with Crippen LogP contribution in [0, 0.1) is 11.3 Å². The number of aryl methyl sites for hydroxylation is 1. The molecule has 1 fully saturated rings. The molecule has 1 aliphatic rings. The molecule has 5 heteroatoms. The molecule has 1 aromatic rings. The van der Waals surface area contributed by atoms with Gasteiger partial charge in [-0.15, -0.1) is 0 Å². The van der Waals surface area contributed by atoms with Gasteiger partial charge in [-0.3, -0.25) is 4.99 Å². The predicted octanol–water partition coefficient (Wildman–Crippen LogP) is 2.53. The molecule has 0 saturated carbocycles. The van der Waals surface area contributed by atoms with E-state index in [0.717, 1.165) is 32.1 Å². The van der Waals surface area contributed by atoms with Crippen molar-refractivity contribution in [2.75, 3.05) is 20.2 Å². The van der Waals surface area contributed by atoms with E-state index < -0.39 is 0 Å². The Morgan fingerprint density at radius 2 is 2.17 bits per heavy atom. The summed E-state index contributed by atoms with van der Waals surface area (Å²) in [5.41, 5.74) is 1.43. The predicted molar refractivity (Wildman–Crippen MR) is 95.5 cm³/mol. The van der Waals surface area contributed by atoms with Gasteiger partial charge in [-0.1, -0.05) is 20.8 Å². The van der Waals surface area contributed by atoms with E-state index in [4.69, 9.17) is 4.74 Å². The van der Waals surface area contributed by atoms with Crippen LogP contribution in [0.25, 0.3) is 0 Å². The van der Waals surface area contributed by atoms with Crippen LogP contribution in [0.5, 0.6) is 0 Å². The van der Waals surface area contributed by atoms with Gasteiger partial charge < -0.3 is 19.9 Å². The number of ether oxygens (including phenoxy) is 1. The molecule has 23 heavy (non-hydrogen) atoms. The van der Waals surface area contributed by atoms with Gasteiger partial charge in [0.05, 0.1) is 6.10 Å². The zero-order valence-corrected chi connectivity index (χ0v) is 15.2. The summed E-state index contributed by atoms with van der Waals surface area (Å²) in [5, 5.41) is 6.85. The molecule has 1 aromatic heterocycles. The largest absolute Gasteiger partial charge is 0.377 e. The van der Waals surface area contributed by atoms with Crippen molar-refractivity contribution < 1.29 is 4.74 Å². The Kier molecular flexibility index (Phi) is 6.10. The standard InChI is InChI=1S/C18H32N4O/c1-18(2,3)16-15(7-6-10-23-16)12-21-17(19-4)20-11-14-8-9-22(5)13-14/h8-9,13,15-16H,6-7,10-12H2,1-5H3,(H2,19,20,21). The first-order valence-electron chi connectivity index (χ1n) is 8.57. The SMILES string of the molecule is CN=C(NCc1ccn(C)c1)NCC1CCCOC1C(C)(C)C. The molecular formula is C18H32N4O. The van der Waals surface area contributed by atoms with Crippen molar-refractivity contribution in [3.63, 3.8) is 0 Å². The van der Waals surface area contributed by atoms with Crippen molar-refractivity contribution in [3.05, 3.63) is 24.0 Å². The number of guanidine groups is 1. The smallest absolute Gasteiger partial charge is 0.191 e.